The van der Waals surface area contributed by atoms with Gasteiger partial charge in [-0.1, -0.05) is 25.7 Å². The van der Waals surface area contributed by atoms with Gasteiger partial charge in [-0.05, 0) is 37.1 Å². The maximum absolute atomic E-state index is 12.0. The first-order chi connectivity index (χ1) is 12.1. The van der Waals surface area contributed by atoms with Crippen LogP contribution in [0.5, 0.6) is 5.75 Å². The molecule has 0 aromatic heterocycles. The molecule has 0 atom stereocenters. The first-order valence-corrected chi connectivity index (χ1v) is 9.75. The highest BCUT2D eigenvalue weighted by Gasteiger charge is 2.38. The van der Waals surface area contributed by atoms with Gasteiger partial charge in [0, 0.05) is 13.1 Å². The number of sulfonamides is 1. The molecule has 0 aliphatic rings. The average molecular weight is 396 g/mol. The molecule has 10 heteroatoms. The Hall–Kier alpha value is -1.81. The summed E-state index contributed by atoms with van der Waals surface area (Å²) in [5.74, 6) is -1.93. The van der Waals surface area contributed by atoms with E-state index in [1.54, 1.807) is 0 Å². The molecular weight excluding hydrogens is 373 g/mol. The van der Waals surface area contributed by atoms with Gasteiger partial charge in [0.25, 0.3) is 0 Å². The molecule has 0 unspecified atom stereocenters. The Kier molecular flexibility index (Phi) is 8.86. The SMILES string of the molecule is O=C(NCCCCCCCCNS(=O)(=O)c1ccc(O)cc1)C(F)(F)F. The van der Waals surface area contributed by atoms with Crippen molar-refractivity contribution in [1.29, 1.82) is 0 Å². The highest BCUT2D eigenvalue weighted by molar-refractivity contribution is 7.89. The summed E-state index contributed by atoms with van der Waals surface area (Å²) in [6.07, 6.45) is -0.629. The zero-order chi connectivity index (χ0) is 19.6. The van der Waals surface area contributed by atoms with Crippen LogP contribution in [0.25, 0.3) is 0 Å². The Morgan fingerprint density at radius 3 is 1.96 bits per heavy atom. The normalized spacial score (nSPS) is 12.1. The number of nitrogens with one attached hydrogen (secondary N) is 2. The molecule has 0 aliphatic heterocycles. The Bertz CT molecular complexity index is 661. The molecule has 26 heavy (non-hydrogen) atoms. The number of benzene rings is 1. The monoisotopic (exact) mass is 396 g/mol. The van der Waals surface area contributed by atoms with Crippen molar-refractivity contribution in [2.24, 2.45) is 0 Å². The predicted octanol–water partition coefficient (Wildman–Crippen LogP) is 2.69. The molecule has 0 aliphatic carbocycles. The van der Waals surface area contributed by atoms with Crippen molar-refractivity contribution in [2.75, 3.05) is 13.1 Å². The second-order valence-corrected chi connectivity index (χ2v) is 7.53. The zero-order valence-corrected chi connectivity index (χ0v) is 15.0. The third kappa shape index (κ3) is 8.52. The van der Waals surface area contributed by atoms with Gasteiger partial charge in [0.15, 0.2) is 0 Å². The van der Waals surface area contributed by atoms with Crippen molar-refractivity contribution in [3.63, 3.8) is 0 Å². The molecule has 1 rings (SSSR count). The van der Waals surface area contributed by atoms with Crippen LogP contribution in [0, 0.1) is 0 Å². The number of phenolic OH excluding ortho intramolecular Hbond substituents is 1. The number of hydrogen-bond acceptors (Lipinski definition) is 4. The predicted molar refractivity (Wildman–Crippen MR) is 90.1 cm³/mol. The Balaban J connectivity index is 2.06. The number of hydrogen-bond donors (Lipinski definition) is 3. The summed E-state index contributed by atoms with van der Waals surface area (Å²) in [6.45, 7) is 0.273. The fourth-order valence-electron chi connectivity index (χ4n) is 2.17. The number of rotatable bonds is 11. The van der Waals surface area contributed by atoms with Gasteiger partial charge in [-0.3, -0.25) is 4.79 Å². The molecule has 148 valence electrons. The van der Waals surface area contributed by atoms with Gasteiger partial charge in [-0.2, -0.15) is 13.2 Å². The summed E-state index contributed by atoms with van der Waals surface area (Å²) >= 11 is 0. The third-order valence-electron chi connectivity index (χ3n) is 3.59. The van der Waals surface area contributed by atoms with Crippen molar-refractivity contribution < 1.29 is 31.5 Å². The lowest BCUT2D eigenvalue weighted by molar-refractivity contribution is -0.173. The number of carbonyl (C=O) groups is 1. The first kappa shape index (κ1) is 22.2. The summed E-state index contributed by atoms with van der Waals surface area (Å²) in [5.41, 5.74) is 0. The van der Waals surface area contributed by atoms with Gasteiger partial charge in [0.1, 0.15) is 5.75 Å². The zero-order valence-electron chi connectivity index (χ0n) is 14.2. The molecule has 1 aromatic rings. The maximum Gasteiger partial charge on any atom is 0.471 e. The highest BCUT2D eigenvalue weighted by Crippen LogP contribution is 2.15. The largest absolute Gasteiger partial charge is 0.508 e. The van der Waals surface area contributed by atoms with Crippen LogP contribution < -0.4 is 10.0 Å². The van der Waals surface area contributed by atoms with Crippen LogP contribution in [-0.4, -0.2) is 38.7 Å². The van der Waals surface area contributed by atoms with E-state index in [1.165, 1.54) is 24.3 Å². The first-order valence-electron chi connectivity index (χ1n) is 8.26. The molecule has 0 radical (unpaired) electrons. The number of phenols is 1. The van der Waals surface area contributed by atoms with E-state index >= 15 is 0 Å². The van der Waals surface area contributed by atoms with Gasteiger partial charge in [0.2, 0.25) is 10.0 Å². The minimum absolute atomic E-state index is 0.00915. The van der Waals surface area contributed by atoms with Crippen LogP contribution in [0.4, 0.5) is 13.2 Å². The Morgan fingerprint density at radius 1 is 0.923 bits per heavy atom. The molecule has 3 N–H and O–H groups in total. The van der Waals surface area contributed by atoms with E-state index in [9.17, 15) is 26.4 Å². The average Bonchev–Trinajstić information content (AvgIpc) is 2.55. The summed E-state index contributed by atoms with van der Waals surface area (Å²) in [5, 5.41) is 11.0. The number of halogens is 3. The van der Waals surface area contributed by atoms with Gasteiger partial charge in [-0.25, -0.2) is 13.1 Å². The minimum atomic E-state index is -4.84. The molecule has 0 bridgehead atoms. The lowest BCUT2D eigenvalue weighted by Gasteiger charge is -2.08. The second kappa shape index (κ2) is 10.4. The van der Waals surface area contributed by atoms with Gasteiger partial charge >= 0.3 is 12.1 Å². The molecular formula is C16H23F3N2O4S. The van der Waals surface area contributed by atoms with Crippen molar-refractivity contribution in [2.45, 2.75) is 49.6 Å². The second-order valence-electron chi connectivity index (χ2n) is 5.77. The topological polar surface area (TPSA) is 95.5 Å². The third-order valence-corrected chi connectivity index (χ3v) is 5.06. The summed E-state index contributed by atoms with van der Waals surface area (Å²) < 4.78 is 62.2. The molecule has 1 amide bonds. The van der Waals surface area contributed by atoms with E-state index < -0.39 is 22.1 Å². The lowest BCUT2D eigenvalue weighted by Crippen LogP contribution is -2.37. The van der Waals surface area contributed by atoms with E-state index in [1.807, 2.05) is 5.32 Å². The molecule has 1 aromatic carbocycles. The van der Waals surface area contributed by atoms with Crippen molar-refractivity contribution >= 4 is 15.9 Å². The molecule has 6 nitrogen and oxygen atoms in total. The van der Waals surface area contributed by atoms with Crippen LogP contribution in [0.3, 0.4) is 0 Å². The quantitative estimate of drug-likeness (QED) is 0.501. The Labute approximate surface area is 150 Å². The van der Waals surface area contributed by atoms with Crippen LogP contribution in [0.15, 0.2) is 29.2 Å². The van der Waals surface area contributed by atoms with E-state index in [0.29, 0.717) is 19.3 Å². The van der Waals surface area contributed by atoms with Gasteiger partial charge in [-0.15, -0.1) is 0 Å². The van der Waals surface area contributed by atoms with Crippen LogP contribution in [-0.2, 0) is 14.8 Å². The van der Waals surface area contributed by atoms with E-state index in [2.05, 4.69) is 4.72 Å². The molecule has 0 fully saturated rings. The standard InChI is InChI=1S/C16H23F3N2O4S/c17-16(18,19)15(23)20-11-5-3-1-2-4-6-12-21-26(24,25)14-9-7-13(22)8-10-14/h7-10,21-22H,1-6,11-12H2,(H,20,23). The van der Waals surface area contributed by atoms with E-state index in [-0.39, 0.29) is 23.7 Å². The maximum atomic E-state index is 12.0. The summed E-state index contributed by atoms with van der Waals surface area (Å²) in [7, 11) is -3.60. The fourth-order valence-corrected chi connectivity index (χ4v) is 3.25. The number of aromatic hydroxyl groups is 1. The number of amides is 1. The van der Waals surface area contributed by atoms with Crippen LogP contribution in [0.2, 0.25) is 0 Å². The molecule has 0 saturated heterocycles. The van der Waals surface area contributed by atoms with Crippen molar-refractivity contribution in [3.8, 4) is 5.75 Å². The van der Waals surface area contributed by atoms with Crippen LogP contribution in [0.1, 0.15) is 38.5 Å². The molecule has 0 heterocycles. The smallest absolute Gasteiger partial charge is 0.471 e. The van der Waals surface area contributed by atoms with Crippen molar-refractivity contribution in [3.05, 3.63) is 24.3 Å². The van der Waals surface area contributed by atoms with Gasteiger partial charge in [0.05, 0.1) is 4.90 Å². The van der Waals surface area contributed by atoms with Crippen LogP contribution >= 0.6 is 0 Å². The Morgan fingerprint density at radius 2 is 1.42 bits per heavy atom. The number of alkyl halides is 3. The summed E-state index contributed by atoms with van der Waals surface area (Å²) in [6, 6.07) is 5.22. The van der Waals surface area contributed by atoms with E-state index in [4.69, 9.17) is 5.11 Å². The van der Waals surface area contributed by atoms with Gasteiger partial charge < -0.3 is 10.4 Å². The minimum Gasteiger partial charge on any atom is -0.508 e. The van der Waals surface area contributed by atoms with Crippen molar-refractivity contribution in [1.82, 2.24) is 10.0 Å². The highest BCUT2D eigenvalue weighted by atomic mass is 32.2. The number of carbonyl (C=O) groups excluding carboxylic acids is 1. The fraction of sp³-hybridized carbons (Fsp3) is 0.562. The number of unbranched alkanes of at least 4 members (excludes halogenated alkanes) is 5. The van der Waals surface area contributed by atoms with E-state index in [0.717, 1.165) is 19.3 Å². The summed E-state index contributed by atoms with van der Waals surface area (Å²) in [4.78, 5) is 10.6. The lowest BCUT2D eigenvalue weighted by atomic mass is 10.1. The molecule has 0 spiro atoms. The molecule has 0 saturated carbocycles.